The maximum Gasteiger partial charge on any atom is 0.119 e. The molecule has 2 aromatic carbocycles. The van der Waals surface area contributed by atoms with Gasteiger partial charge in [0.25, 0.3) is 0 Å². The van der Waals surface area contributed by atoms with Crippen molar-refractivity contribution in [2.45, 2.75) is 26.5 Å². The maximum absolute atomic E-state index is 8.88. The molecule has 0 amide bonds. The fourth-order valence-corrected chi connectivity index (χ4v) is 2.17. The highest BCUT2D eigenvalue weighted by Crippen LogP contribution is 2.18. The number of ether oxygens (including phenoxy) is 1. The summed E-state index contributed by atoms with van der Waals surface area (Å²) >= 11 is 0. The number of nitrogens with one attached hydrogen (secondary N) is 1. The Kier molecular flexibility index (Phi) is 5.36. The summed E-state index contributed by atoms with van der Waals surface area (Å²) in [6.07, 6.45) is 0. The lowest BCUT2D eigenvalue weighted by molar-refractivity contribution is 0.306. The topological polar surface area (TPSA) is 45.0 Å². The highest BCUT2D eigenvalue weighted by atomic mass is 16.5. The Balaban J connectivity index is 1.96. The fraction of sp³-hybridized carbons (Fsp3) is 0.278. The molecule has 0 bridgehead atoms. The highest BCUT2D eigenvalue weighted by molar-refractivity contribution is 5.33. The summed E-state index contributed by atoms with van der Waals surface area (Å²) < 4.78 is 5.76. The van der Waals surface area contributed by atoms with Gasteiger partial charge in [0.05, 0.1) is 11.6 Å². The molecule has 0 fully saturated rings. The summed E-state index contributed by atoms with van der Waals surface area (Å²) in [6, 6.07) is 18.1. The van der Waals surface area contributed by atoms with Crippen molar-refractivity contribution < 1.29 is 4.74 Å². The molecule has 0 saturated carbocycles. The predicted octanol–water partition coefficient (Wildman–Crippen LogP) is 3.81. The van der Waals surface area contributed by atoms with Gasteiger partial charge in [0.1, 0.15) is 12.4 Å². The fourth-order valence-electron chi connectivity index (χ4n) is 2.17. The van der Waals surface area contributed by atoms with Gasteiger partial charge in [0.2, 0.25) is 0 Å². The van der Waals surface area contributed by atoms with E-state index in [1.54, 1.807) is 6.07 Å². The molecule has 0 spiro atoms. The predicted molar refractivity (Wildman–Crippen MR) is 84.0 cm³/mol. The van der Waals surface area contributed by atoms with Crippen LogP contribution in [0.1, 0.15) is 36.6 Å². The largest absolute Gasteiger partial charge is 0.489 e. The molecular formula is C18H20N2O. The second kappa shape index (κ2) is 7.47. The lowest BCUT2D eigenvalue weighted by atomic mass is 10.1. The number of rotatable bonds is 6. The molecule has 21 heavy (non-hydrogen) atoms. The summed E-state index contributed by atoms with van der Waals surface area (Å²) in [5.41, 5.74) is 2.90. The van der Waals surface area contributed by atoms with Gasteiger partial charge in [-0.15, -0.1) is 0 Å². The van der Waals surface area contributed by atoms with Crippen molar-refractivity contribution in [3.8, 4) is 11.8 Å². The molecule has 1 unspecified atom stereocenters. The molecule has 3 nitrogen and oxygen atoms in total. The first-order chi connectivity index (χ1) is 10.2. The van der Waals surface area contributed by atoms with Crippen molar-refractivity contribution in [2.24, 2.45) is 0 Å². The van der Waals surface area contributed by atoms with Crippen molar-refractivity contribution in [2.75, 3.05) is 6.54 Å². The Hall–Kier alpha value is -2.31. The van der Waals surface area contributed by atoms with Crippen molar-refractivity contribution in [3.05, 3.63) is 65.2 Å². The SMILES string of the molecule is CCNC(C)c1ccc(OCc2cccc(C#N)c2)cc1. The second-order valence-electron chi connectivity index (χ2n) is 4.95. The van der Waals surface area contributed by atoms with Gasteiger partial charge >= 0.3 is 0 Å². The van der Waals surface area contributed by atoms with Crippen molar-refractivity contribution >= 4 is 0 Å². The summed E-state index contributed by atoms with van der Waals surface area (Å²) in [6.45, 7) is 5.67. The third kappa shape index (κ3) is 4.34. The Labute approximate surface area is 126 Å². The molecule has 108 valence electrons. The van der Waals surface area contributed by atoms with Crippen LogP contribution in [0.5, 0.6) is 5.75 Å². The first kappa shape index (κ1) is 15.1. The zero-order valence-electron chi connectivity index (χ0n) is 12.5. The molecule has 0 saturated heterocycles. The highest BCUT2D eigenvalue weighted by Gasteiger charge is 2.03. The molecular weight excluding hydrogens is 260 g/mol. The van der Waals surface area contributed by atoms with E-state index in [4.69, 9.17) is 10.00 Å². The van der Waals surface area contributed by atoms with Gasteiger partial charge in [0, 0.05) is 6.04 Å². The molecule has 2 aromatic rings. The zero-order chi connectivity index (χ0) is 15.1. The molecule has 0 aliphatic carbocycles. The minimum atomic E-state index is 0.344. The zero-order valence-corrected chi connectivity index (χ0v) is 12.5. The molecule has 0 radical (unpaired) electrons. The van der Waals surface area contributed by atoms with Crippen molar-refractivity contribution in [3.63, 3.8) is 0 Å². The van der Waals surface area contributed by atoms with Gasteiger partial charge in [-0.05, 0) is 48.9 Å². The van der Waals surface area contributed by atoms with E-state index in [1.807, 2.05) is 30.3 Å². The molecule has 0 aliphatic rings. The average molecular weight is 280 g/mol. The molecule has 0 heterocycles. The average Bonchev–Trinajstić information content (AvgIpc) is 2.54. The Morgan fingerprint density at radius 3 is 2.62 bits per heavy atom. The Bertz CT molecular complexity index is 614. The van der Waals surface area contributed by atoms with E-state index in [2.05, 4.69) is 37.4 Å². The quantitative estimate of drug-likeness (QED) is 0.875. The van der Waals surface area contributed by atoms with E-state index in [9.17, 15) is 0 Å². The normalized spacial score (nSPS) is 11.7. The van der Waals surface area contributed by atoms with Crippen molar-refractivity contribution in [1.29, 1.82) is 5.26 Å². The van der Waals surface area contributed by atoms with Gasteiger partial charge in [0.15, 0.2) is 0 Å². The van der Waals surface area contributed by atoms with E-state index in [-0.39, 0.29) is 0 Å². The van der Waals surface area contributed by atoms with Gasteiger partial charge in [-0.1, -0.05) is 31.2 Å². The molecule has 2 rings (SSSR count). The summed E-state index contributed by atoms with van der Waals surface area (Å²) in [5, 5.41) is 12.3. The Morgan fingerprint density at radius 2 is 1.95 bits per heavy atom. The standard InChI is InChI=1S/C18H20N2O/c1-3-20-14(2)17-7-9-18(10-8-17)21-13-16-6-4-5-15(11-16)12-19/h4-11,14,20H,3,13H2,1-2H3. The summed E-state index contributed by atoms with van der Waals surface area (Å²) in [4.78, 5) is 0. The van der Waals surface area contributed by atoms with E-state index in [0.717, 1.165) is 17.9 Å². The maximum atomic E-state index is 8.88. The van der Waals surface area contributed by atoms with Crippen molar-refractivity contribution in [1.82, 2.24) is 5.32 Å². The molecule has 1 atom stereocenters. The number of benzene rings is 2. The molecule has 3 heteroatoms. The van der Waals surface area contributed by atoms with Gasteiger partial charge < -0.3 is 10.1 Å². The van der Waals surface area contributed by atoms with E-state index in [1.165, 1.54) is 5.56 Å². The number of hydrogen-bond acceptors (Lipinski definition) is 3. The lowest BCUT2D eigenvalue weighted by Crippen LogP contribution is -2.17. The first-order valence-electron chi connectivity index (χ1n) is 7.18. The molecule has 0 aromatic heterocycles. The third-order valence-electron chi connectivity index (χ3n) is 3.35. The van der Waals surface area contributed by atoms with Gasteiger partial charge in [-0.2, -0.15) is 5.26 Å². The Morgan fingerprint density at radius 1 is 1.19 bits per heavy atom. The molecule has 1 N–H and O–H groups in total. The minimum Gasteiger partial charge on any atom is -0.489 e. The smallest absolute Gasteiger partial charge is 0.119 e. The monoisotopic (exact) mass is 280 g/mol. The van der Waals surface area contributed by atoms with Gasteiger partial charge in [-0.3, -0.25) is 0 Å². The number of nitriles is 1. The van der Waals surface area contributed by atoms with Crippen LogP contribution < -0.4 is 10.1 Å². The van der Waals surface area contributed by atoms with Crippen LogP contribution in [0.3, 0.4) is 0 Å². The molecule has 0 aliphatic heterocycles. The van der Waals surface area contributed by atoms with Crippen LogP contribution in [-0.2, 0) is 6.61 Å². The van der Waals surface area contributed by atoms with Crippen LogP contribution >= 0.6 is 0 Å². The van der Waals surface area contributed by atoms with Crippen LogP contribution in [0.25, 0.3) is 0 Å². The summed E-state index contributed by atoms with van der Waals surface area (Å²) in [5.74, 6) is 0.838. The van der Waals surface area contributed by atoms with E-state index < -0.39 is 0 Å². The third-order valence-corrected chi connectivity index (χ3v) is 3.35. The lowest BCUT2D eigenvalue weighted by Gasteiger charge is -2.13. The van der Waals surface area contributed by atoms with E-state index in [0.29, 0.717) is 18.2 Å². The van der Waals surface area contributed by atoms with Crippen LogP contribution in [-0.4, -0.2) is 6.54 Å². The number of nitrogens with zero attached hydrogens (tertiary/aromatic N) is 1. The van der Waals surface area contributed by atoms with Crippen LogP contribution in [0.15, 0.2) is 48.5 Å². The number of hydrogen-bond donors (Lipinski definition) is 1. The minimum absolute atomic E-state index is 0.344. The van der Waals surface area contributed by atoms with Crippen LogP contribution in [0.4, 0.5) is 0 Å². The summed E-state index contributed by atoms with van der Waals surface area (Å²) in [7, 11) is 0. The van der Waals surface area contributed by atoms with Crippen LogP contribution in [0.2, 0.25) is 0 Å². The van der Waals surface area contributed by atoms with Gasteiger partial charge in [-0.25, -0.2) is 0 Å². The van der Waals surface area contributed by atoms with Crippen LogP contribution in [0, 0.1) is 11.3 Å². The van der Waals surface area contributed by atoms with E-state index >= 15 is 0 Å². The first-order valence-corrected chi connectivity index (χ1v) is 7.18. The second-order valence-corrected chi connectivity index (χ2v) is 4.95.